The Kier molecular flexibility index (Phi) is 4.11. The molecule has 0 spiro atoms. The van der Waals surface area contributed by atoms with Crippen molar-refractivity contribution in [1.82, 2.24) is 14.5 Å². The van der Waals surface area contributed by atoms with Gasteiger partial charge >= 0.3 is 0 Å². The van der Waals surface area contributed by atoms with Crippen molar-refractivity contribution in [3.63, 3.8) is 0 Å². The van der Waals surface area contributed by atoms with Crippen LogP contribution in [0.3, 0.4) is 0 Å². The Morgan fingerprint density at radius 1 is 1.30 bits per heavy atom. The highest BCUT2D eigenvalue weighted by molar-refractivity contribution is 6.03. The topological polar surface area (TPSA) is 82.1 Å². The summed E-state index contributed by atoms with van der Waals surface area (Å²) in [5, 5.41) is 6.39. The molecule has 1 amide bonds. The first-order valence-corrected chi connectivity index (χ1v) is 8.01. The zero-order valence-corrected chi connectivity index (χ0v) is 13.8. The van der Waals surface area contributed by atoms with Crippen molar-refractivity contribution >= 4 is 11.6 Å². The highest BCUT2D eigenvalue weighted by atomic mass is 16.5. The molecule has 7 heteroatoms. The Labute approximate surface area is 134 Å². The van der Waals surface area contributed by atoms with Crippen LogP contribution in [0.15, 0.2) is 15.6 Å². The molecule has 1 aliphatic rings. The van der Waals surface area contributed by atoms with E-state index in [4.69, 9.17) is 4.52 Å². The maximum absolute atomic E-state index is 12.8. The monoisotopic (exact) mass is 318 g/mol. The van der Waals surface area contributed by atoms with E-state index in [9.17, 15) is 9.59 Å². The molecule has 124 valence electrons. The summed E-state index contributed by atoms with van der Waals surface area (Å²) in [6.45, 7) is 3.58. The SMILES string of the molecule is Cc1conc1C(=O)Nc1c(C)n(C)n(C2CCCCC2)c1=O. The Hall–Kier alpha value is -2.31. The van der Waals surface area contributed by atoms with Crippen LogP contribution in [0.1, 0.15) is 59.9 Å². The summed E-state index contributed by atoms with van der Waals surface area (Å²) < 4.78 is 8.42. The molecule has 0 unspecified atom stereocenters. The van der Waals surface area contributed by atoms with Crippen molar-refractivity contribution in [2.75, 3.05) is 5.32 Å². The molecule has 0 bridgehead atoms. The first-order chi connectivity index (χ1) is 11.0. The Morgan fingerprint density at radius 2 is 2.00 bits per heavy atom. The number of carbonyl (C=O) groups excluding carboxylic acids is 1. The van der Waals surface area contributed by atoms with Crippen LogP contribution in [0.25, 0.3) is 0 Å². The third kappa shape index (κ3) is 2.71. The number of hydrogen-bond acceptors (Lipinski definition) is 4. The number of nitrogens with one attached hydrogen (secondary N) is 1. The zero-order chi connectivity index (χ0) is 16.6. The van der Waals surface area contributed by atoms with E-state index in [1.54, 1.807) is 11.6 Å². The average molecular weight is 318 g/mol. The molecule has 1 N–H and O–H groups in total. The van der Waals surface area contributed by atoms with Gasteiger partial charge in [-0.05, 0) is 26.7 Å². The van der Waals surface area contributed by atoms with Gasteiger partial charge < -0.3 is 9.84 Å². The molecule has 2 aromatic heterocycles. The number of aryl methyl sites for hydroxylation is 1. The first kappa shape index (κ1) is 15.6. The van der Waals surface area contributed by atoms with E-state index in [1.807, 2.05) is 18.7 Å². The molecule has 0 aliphatic heterocycles. The summed E-state index contributed by atoms with van der Waals surface area (Å²) in [6.07, 6.45) is 6.93. The third-order valence-electron chi connectivity index (χ3n) is 4.71. The minimum atomic E-state index is -0.419. The number of amides is 1. The number of hydrogen-bond donors (Lipinski definition) is 1. The van der Waals surface area contributed by atoms with E-state index in [0.29, 0.717) is 11.3 Å². The molecule has 2 aromatic rings. The first-order valence-electron chi connectivity index (χ1n) is 8.01. The second-order valence-corrected chi connectivity index (χ2v) is 6.23. The van der Waals surface area contributed by atoms with Gasteiger partial charge in [0.2, 0.25) is 0 Å². The van der Waals surface area contributed by atoms with Crippen LogP contribution in [0.2, 0.25) is 0 Å². The van der Waals surface area contributed by atoms with Gasteiger partial charge in [-0.15, -0.1) is 0 Å². The van der Waals surface area contributed by atoms with Gasteiger partial charge in [0.05, 0.1) is 11.7 Å². The summed E-state index contributed by atoms with van der Waals surface area (Å²) in [6, 6.07) is 0.208. The number of carbonyl (C=O) groups is 1. The second kappa shape index (κ2) is 6.06. The lowest BCUT2D eigenvalue weighted by molar-refractivity contribution is 0.101. The lowest BCUT2D eigenvalue weighted by atomic mass is 9.96. The van der Waals surface area contributed by atoms with Gasteiger partial charge in [-0.2, -0.15) is 0 Å². The fraction of sp³-hybridized carbons (Fsp3) is 0.562. The Bertz CT molecular complexity index is 778. The maximum Gasteiger partial charge on any atom is 0.291 e. The minimum absolute atomic E-state index is 0.147. The molecule has 2 heterocycles. The fourth-order valence-corrected chi connectivity index (χ4v) is 3.29. The van der Waals surface area contributed by atoms with Gasteiger partial charge in [0, 0.05) is 12.6 Å². The molecule has 0 radical (unpaired) electrons. The van der Waals surface area contributed by atoms with Gasteiger partial charge in [0.1, 0.15) is 12.0 Å². The van der Waals surface area contributed by atoms with Crippen molar-refractivity contribution < 1.29 is 9.32 Å². The highest BCUT2D eigenvalue weighted by Gasteiger charge is 2.25. The zero-order valence-electron chi connectivity index (χ0n) is 13.8. The molecular weight excluding hydrogens is 296 g/mol. The van der Waals surface area contributed by atoms with Gasteiger partial charge in [-0.3, -0.25) is 14.3 Å². The Morgan fingerprint density at radius 3 is 2.61 bits per heavy atom. The predicted molar refractivity (Wildman–Crippen MR) is 85.7 cm³/mol. The average Bonchev–Trinajstić information content (AvgIpc) is 3.06. The standard InChI is InChI=1S/C16H22N4O3/c1-10-9-23-18-13(10)15(21)17-14-11(2)19(3)20(16(14)22)12-7-5-4-6-8-12/h9,12H,4-8H2,1-3H3,(H,17,21). The van der Waals surface area contributed by atoms with Crippen molar-refractivity contribution in [1.29, 1.82) is 0 Å². The number of anilines is 1. The third-order valence-corrected chi connectivity index (χ3v) is 4.71. The van der Waals surface area contributed by atoms with Crippen LogP contribution in [-0.2, 0) is 7.05 Å². The largest absolute Gasteiger partial charge is 0.364 e. The smallest absolute Gasteiger partial charge is 0.291 e. The van der Waals surface area contributed by atoms with Crippen molar-refractivity contribution in [3.05, 3.63) is 33.6 Å². The van der Waals surface area contributed by atoms with E-state index < -0.39 is 5.91 Å². The number of nitrogens with zero attached hydrogens (tertiary/aromatic N) is 3. The molecule has 7 nitrogen and oxygen atoms in total. The van der Waals surface area contributed by atoms with Crippen LogP contribution in [0.5, 0.6) is 0 Å². The quantitative estimate of drug-likeness (QED) is 0.943. The summed E-state index contributed by atoms with van der Waals surface area (Å²) in [5.74, 6) is -0.419. The van der Waals surface area contributed by atoms with Gasteiger partial charge in [-0.1, -0.05) is 24.4 Å². The maximum atomic E-state index is 12.8. The number of rotatable bonds is 3. The van der Waals surface area contributed by atoms with Crippen molar-refractivity contribution in [2.45, 2.75) is 52.0 Å². The summed E-state index contributed by atoms with van der Waals surface area (Å²) in [7, 11) is 1.86. The van der Waals surface area contributed by atoms with Crippen molar-refractivity contribution in [3.8, 4) is 0 Å². The molecule has 23 heavy (non-hydrogen) atoms. The lowest BCUT2D eigenvalue weighted by Gasteiger charge is -2.24. The normalized spacial score (nSPS) is 15.8. The summed E-state index contributed by atoms with van der Waals surface area (Å²) in [4.78, 5) is 25.1. The highest BCUT2D eigenvalue weighted by Crippen LogP contribution is 2.28. The fourth-order valence-electron chi connectivity index (χ4n) is 3.29. The van der Waals surface area contributed by atoms with Crippen LogP contribution in [0.4, 0.5) is 5.69 Å². The Balaban J connectivity index is 1.93. The molecule has 1 aliphatic carbocycles. The lowest BCUT2D eigenvalue weighted by Crippen LogP contribution is -2.29. The van der Waals surface area contributed by atoms with Crippen LogP contribution >= 0.6 is 0 Å². The molecule has 0 atom stereocenters. The van der Waals surface area contributed by atoms with E-state index in [-0.39, 0.29) is 17.3 Å². The minimum Gasteiger partial charge on any atom is -0.364 e. The number of aromatic nitrogens is 3. The molecule has 0 aromatic carbocycles. The van der Waals surface area contributed by atoms with Crippen LogP contribution < -0.4 is 10.9 Å². The molecule has 3 rings (SSSR count). The van der Waals surface area contributed by atoms with Crippen molar-refractivity contribution in [2.24, 2.45) is 7.05 Å². The van der Waals surface area contributed by atoms with Gasteiger partial charge in [0.15, 0.2) is 5.69 Å². The van der Waals surface area contributed by atoms with Crippen LogP contribution in [-0.4, -0.2) is 20.4 Å². The second-order valence-electron chi connectivity index (χ2n) is 6.23. The van der Waals surface area contributed by atoms with Gasteiger partial charge in [-0.25, -0.2) is 4.68 Å². The predicted octanol–water partition coefficient (Wildman–Crippen LogP) is 2.55. The van der Waals surface area contributed by atoms with E-state index >= 15 is 0 Å². The van der Waals surface area contributed by atoms with E-state index in [1.165, 1.54) is 12.7 Å². The molecule has 1 fully saturated rings. The van der Waals surface area contributed by atoms with Crippen LogP contribution in [0, 0.1) is 13.8 Å². The molecule has 1 saturated carbocycles. The summed E-state index contributed by atoms with van der Waals surface area (Å²) in [5.41, 5.74) is 1.77. The van der Waals surface area contributed by atoms with Gasteiger partial charge in [0.25, 0.3) is 11.5 Å². The molecular formula is C16H22N4O3. The molecule has 0 saturated heterocycles. The van der Waals surface area contributed by atoms with E-state index in [0.717, 1.165) is 31.4 Å². The van der Waals surface area contributed by atoms with E-state index in [2.05, 4.69) is 10.5 Å². The summed E-state index contributed by atoms with van der Waals surface area (Å²) >= 11 is 0.